The molecule has 0 atom stereocenters. The number of aromatic nitrogens is 4. The Bertz CT molecular complexity index is 743. The number of amides is 1. The molecule has 0 spiro atoms. The summed E-state index contributed by atoms with van der Waals surface area (Å²) in [6, 6.07) is 0. The first-order chi connectivity index (χ1) is 9.18. The van der Waals surface area contributed by atoms with Crippen LogP contribution in [-0.2, 0) is 4.79 Å². The molecule has 0 unspecified atom stereocenters. The van der Waals surface area contributed by atoms with Gasteiger partial charge in [0.15, 0.2) is 11.2 Å². The maximum absolute atomic E-state index is 11.9. The van der Waals surface area contributed by atoms with Gasteiger partial charge in [0, 0.05) is 5.41 Å². The molecular formula is C13H17N5O2. The summed E-state index contributed by atoms with van der Waals surface area (Å²) in [4.78, 5) is 38.9. The summed E-state index contributed by atoms with van der Waals surface area (Å²) >= 11 is 0. The van der Waals surface area contributed by atoms with Gasteiger partial charge in [-0.3, -0.25) is 19.9 Å². The molecule has 0 bridgehead atoms. The van der Waals surface area contributed by atoms with Gasteiger partial charge in [-0.05, 0) is 13.8 Å². The number of nitrogens with one attached hydrogen (secondary N) is 2. The lowest BCUT2D eigenvalue weighted by Gasteiger charge is -2.16. The third-order valence-electron chi connectivity index (χ3n) is 2.87. The molecule has 0 aliphatic carbocycles. The molecule has 7 nitrogen and oxygen atoms in total. The second-order valence-electron chi connectivity index (χ2n) is 5.69. The van der Waals surface area contributed by atoms with Gasteiger partial charge in [0.2, 0.25) is 11.9 Å². The Hall–Kier alpha value is -2.31. The predicted octanol–water partition coefficient (Wildman–Crippen LogP) is 1.31. The minimum Gasteiger partial charge on any atom is -0.296 e. The van der Waals surface area contributed by atoms with Crippen LogP contribution in [0.25, 0.3) is 11.2 Å². The van der Waals surface area contributed by atoms with E-state index >= 15 is 0 Å². The minimum atomic E-state index is -0.581. The molecule has 2 rings (SSSR count). The van der Waals surface area contributed by atoms with Crippen molar-refractivity contribution in [1.29, 1.82) is 0 Å². The van der Waals surface area contributed by atoms with E-state index < -0.39 is 11.0 Å². The molecule has 2 N–H and O–H groups in total. The summed E-state index contributed by atoms with van der Waals surface area (Å²) in [7, 11) is 0. The number of fused-ring (bicyclic) bond motifs is 1. The number of carbonyl (C=O) groups is 1. The van der Waals surface area contributed by atoms with Gasteiger partial charge in [-0.15, -0.1) is 0 Å². The van der Waals surface area contributed by atoms with Crippen LogP contribution in [-0.4, -0.2) is 25.8 Å². The van der Waals surface area contributed by atoms with Gasteiger partial charge in [-0.2, -0.15) is 4.98 Å². The second-order valence-corrected chi connectivity index (χ2v) is 5.69. The van der Waals surface area contributed by atoms with Gasteiger partial charge in [-0.25, -0.2) is 9.97 Å². The van der Waals surface area contributed by atoms with Crippen LogP contribution in [0.4, 0.5) is 5.95 Å². The fourth-order valence-electron chi connectivity index (χ4n) is 1.48. The van der Waals surface area contributed by atoms with Crippen LogP contribution in [0.3, 0.4) is 0 Å². The van der Waals surface area contributed by atoms with E-state index in [2.05, 4.69) is 25.3 Å². The van der Waals surface area contributed by atoms with E-state index in [0.717, 1.165) is 0 Å². The summed E-state index contributed by atoms with van der Waals surface area (Å²) < 4.78 is 0. The number of carbonyl (C=O) groups excluding carboxylic acids is 1. The molecule has 0 saturated carbocycles. The Morgan fingerprint density at radius 3 is 2.30 bits per heavy atom. The van der Waals surface area contributed by atoms with Crippen molar-refractivity contribution in [3.63, 3.8) is 0 Å². The Morgan fingerprint density at radius 1 is 1.10 bits per heavy atom. The van der Waals surface area contributed by atoms with Gasteiger partial charge in [0.05, 0.1) is 11.4 Å². The lowest BCUT2D eigenvalue weighted by Crippen LogP contribution is -2.29. The van der Waals surface area contributed by atoms with Gasteiger partial charge in [0.25, 0.3) is 5.56 Å². The molecule has 0 aliphatic heterocycles. The third-order valence-corrected chi connectivity index (χ3v) is 2.87. The zero-order valence-corrected chi connectivity index (χ0v) is 12.2. The molecule has 0 radical (unpaired) electrons. The van der Waals surface area contributed by atoms with Crippen molar-refractivity contribution in [3.05, 3.63) is 21.7 Å². The van der Waals surface area contributed by atoms with E-state index in [0.29, 0.717) is 11.4 Å². The maximum atomic E-state index is 11.9. The summed E-state index contributed by atoms with van der Waals surface area (Å²) in [6.07, 6.45) is 0. The highest BCUT2D eigenvalue weighted by Gasteiger charge is 2.22. The van der Waals surface area contributed by atoms with Crippen molar-refractivity contribution < 1.29 is 4.79 Å². The lowest BCUT2D eigenvalue weighted by atomic mass is 9.96. The molecule has 0 aliphatic rings. The number of rotatable bonds is 1. The topological polar surface area (TPSA) is 101 Å². The number of anilines is 1. The van der Waals surface area contributed by atoms with E-state index in [4.69, 9.17) is 0 Å². The van der Waals surface area contributed by atoms with E-state index in [1.54, 1.807) is 34.6 Å². The average molecular weight is 275 g/mol. The SMILES string of the molecule is Cc1nc2nc(NC(=O)C(C)(C)C)[nH]c(=O)c2nc1C. The molecule has 2 heterocycles. The average Bonchev–Trinajstić information content (AvgIpc) is 2.30. The maximum Gasteiger partial charge on any atom is 0.280 e. The van der Waals surface area contributed by atoms with E-state index in [1.165, 1.54) is 0 Å². The molecule has 2 aromatic rings. The van der Waals surface area contributed by atoms with Crippen LogP contribution in [0.15, 0.2) is 4.79 Å². The van der Waals surface area contributed by atoms with Crippen LogP contribution in [0.2, 0.25) is 0 Å². The van der Waals surface area contributed by atoms with Crippen LogP contribution >= 0.6 is 0 Å². The highest BCUT2D eigenvalue weighted by Crippen LogP contribution is 2.15. The fraction of sp³-hybridized carbons (Fsp3) is 0.462. The van der Waals surface area contributed by atoms with Gasteiger partial charge in [0.1, 0.15) is 0 Å². The molecule has 2 aromatic heterocycles. The predicted molar refractivity (Wildman–Crippen MR) is 75.5 cm³/mol. The summed E-state index contributed by atoms with van der Waals surface area (Å²) in [5.41, 5.74) is 0.764. The standard InChI is InChI=1S/C13H17N5O2/c1-6-7(2)15-9-8(14-6)10(19)17-12(16-9)18-11(20)13(3,4)5/h1-5H3,(H2,15,16,17,18,19,20). The summed E-state index contributed by atoms with van der Waals surface area (Å²) in [5.74, 6) is -0.156. The first kappa shape index (κ1) is 14.1. The number of hydrogen-bond donors (Lipinski definition) is 2. The molecule has 7 heteroatoms. The number of hydrogen-bond acceptors (Lipinski definition) is 5. The van der Waals surface area contributed by atoms with Crippen molar-refractivity contribution in [2.24, 2.45) is 5.41 Å². The number of nitrogens with zero attached hydrogens (tertiary/aromatic N) is 3. The monoisotopic (exact) mass is 275 g/mol. The normalized spacial score (nSPS) is 11.7. The molecule has 0 saturated heterocycles. The number of H-pyrrole nitrogens is 1. The summed E-state index contributed by atoms with van der Waals surface area (Å²) in [5, 5.41) is 2.58. The minimum absolute atomic E-state index is 0.0833. The van der Waals surface area contributed by atoms with Crippen molar-refractivity contribution in [3.8, 4) is 0 Å². The second kappa shape index (κ2) is 4.66. The number of aryl methyl sites for hydroxylation is 2. The van der Waals surface area contributed by atoms with Crippen molar-refractivity contribution in [2.45, 2.75) is 34.6 Å². The van der Waals surface area contributed by atoms with Gasteiger partial charge >= 0.3 is 0 Å². The molecule has 1 amide bonds. The molecule has 0 aromatic carbocycles. The van der Waals surface area contributed by atoms with Crippen molar-refractivity contribution in [1.82, 2.24) is 19.9 Å². The third kappa shape index (κ3) is 2.66. The van der Waals surface area contributed by atoms with Crippen LogP contribution < -0.4 is 10.9 Å². The Labute approximate surface area is 115 Å². The highest BCUT2D eigenvalue weighted by atomic mass is 16.2. The Balaban J connectivity index is 2.50. The Kier molecular flexibility index (Phi) is 3.29. The largest absolute Gasteiger partial charge is 0.296 e. The van der Waals surface area contributed by atoms with E-state index in [-0.39, 0.29) is 23.0 Å². The lowest BCUT2D eigenvalue weighted by molar-refractivity contribution is -0.123. The van der Waals surface area contributed by atoms with Crippen LogP contribution in [0.5, 0.6) is 0 Å². The first-order valence-corrected chi connectivity index (χ1v) is 6.25. The fourth-order valence-corrected chi connectivity index (χ4v) is 1.48. The number of aromatic amines is 1. The molecule has 20 heavy (non-hydrogen) atoms. The van der Waals surface area contributed by atoms with Crippen LogP contribution in [0, 0.1) is 19.3 Å². The first-order valence-electron chi connectivity index (χ1n) is 6.25. The van der Waals surface area contributed by atoms with Gasteiger partial charge < -0.3 is 0 Å². The molecule has 0 fully saturated rings. The smallest absolute Gasteiger partial charge is 0.280 e. The molecule has 106 valence electrons. The zero-order valence-electron chi connectivity index (χ0n) is 12.2. The van der Waals surface area contributed by atoms with Crippen LogP contribution in [0.1, 0.15) is 32.2 Å². The van der Waals surface area contributed by atoms with Crippen molar-refractivity contribution in [2.75, 3.05) is 5.32 Å². The highest BCUT2D eigenvalue weighted by molar-refractivity contribution is 5.93. The zero-order chi connectivity index (χ0) is 15.1. The molecular weight excluding hydrogens is 258 g/mol. The quantitative estimate of drug-likeness (QED) is 0.817. The summed E-state index contributed by atoms with van der Waals surface area (Å²) in [6.45, 7) is 8.88. The van der Waals surface area contributed by atoms with E-state index in [9.17, 15) is 9.59 Å². The van der Waals surface area contributed by atoms with E-state index in [1.807, 2.05) is 0 Å². The van der Waals surface area contributed by atoms with Crippen molar-refractivity contribution >= 4 is 23.0 Å². The Morgan fingerprint density at radius 2 is 1.70 bits per heavy atom. The van der Waals surface area contributed by atoms with Gasteiger partial charge in [-0.1, -0.05) is 20.8 Å².